The number of nitrogens with one attached hydrogen (secondary N) is 1. The van der Waals surface area contributed by atoms with Crippen molar-refractivity contribution in [2.45, 2.75) is 32.2 Å². The van der Waals surface area contributed by atoms with Crippen LogP contribution < -0.4 is 5.32 Å². The zero-order valence-corrected chi connectivity index (χ0v) is 13.4. The maximum atomic E-state index is 12.4. The first-order chi connectivity index (χ1) is 11.8. The van der Waals surface area contributed by atoms with Crippen LogP contribution in [-0.2, 0) is 17.8 Å². The molecule has 0 aliphatic heterocycles. The molecule has 1 aliphatic rings. The highest BCUT2D eigenvalue weighted by Gasteiger charge is 2.49. The van der Waals surface area contributed by atoms with Gasteiger partial charge in [0.05, 0.1) is 11.7 Å². The molecule has 0 saturated heterocycles. The quantitative estimate of drug-likeness (QED) is 0.678. The van der Waals surface area contributed by atoms with Crippen molar-refractivity contribution in [3.63, 3.8) is 0 Å². The second-order valence-corrected chi connectivity index (χ2v) is 6.45. The van der Waals surface area contributed by atoms with Crippen LogP contribution in [0.3, 0.4) is 0 Å². The minimum Gasteiger partial charge on any atom is -0.441 e. The highest BCUT2D eigenvalue weighted by Crippen LogP contribution is 2.47. The van der Waals surface area contributed by atoms with Gasteiger partial charge in [0.1, 0.15) is 5.52 Å². The first kappa shape index (κ1) is 14.9. The molecule has 1 saturated carbocycles. The van der Waals surface area contributed by atoms with Gasteiger partial charge in [-0.3, -0.25) is 4.79 Å². The maximum absolute atomic E-state index is 12.4. The van der Waals surface area contributed by atoms with Crippen molar-refractivity contribution in [3.05, 3.63) is 48.9 Å². The van der Waals surface area contributed by atoms with Gasteiger partial charge in [-0.1, -0.05) is 12.1 Å². The molecule has 2 aromatic heterocycles. The van der Waals surface area contributed by atoms with Crippen LogP contribution in [0.25, 0.3) is 11.1 Å². The van der Waals surface area contributed by atoms with Crippen LogP contribution in [0, 0.1) is 5.41 Å². The van der Waals surface area contributed by atoms with Gasteiger partial charge < -0.3 is 14.3 Å². The molecule has 0 atom stereocenters. The number of amides is 1. The Morgan fingerprint density at radius 2 is 2.21 bits per heavy atom. The number of imidazole rings is 1. The van der Waals surface area contributed by atoms with E-state index in [2.05, 4.69) is 15.3 Å². The van der Waals surface area contributed by atoms with Gasteiger partial charge in [-0.25, -0.2) is 9.97 Å². The van der Waals surface area contributed by atoms with Crippen LogP contribution in [0.5, 0.6) is 0 Å². The van der Waals surface area contributed by atoms with E-state index in [4.69, 9.17) is 4.42 Å². The number of aromatic nitrogens is 3. The average molecular weight is 324 g/mol. The third kappa shape index (κ3) is 3.04. The molecular formula is C18H20N4O2. The molecule has 1 fully saturated rings. The molecule has 124 valence electrons. The molecule has 0 unspecified atom stereocenters. The Labute approximate surface area is 139 Å². The monoisotopic (exact) mass is 324 g/mol. The van der Waals surface area contributed by atoms with E-state index in [1.165, 1.54) is 0 Å². The highest BCUT2D eigenvalue weighted by atomic mass is 16.3. The van der Waals surface area contributed by atoms with E-state index < -0.39 is 0 Å². The predicted molar refractivity (Wildman–Crippen MR) is 89.2 cm³/mol. The summed E-state index contributed by atoms with van der Waals surface area (Å²) < 4.78 is 7.67. The molecule has 4 rings (SSSR count). The van der Waals surface area contributed by atoms with Gasteiger partial charge in [-0.05, 0) is 31.4 Å². The summed E-state index contributed by atoms with van der Waals surface area (Å²) in [5.41, 5.74) is 1.46. The molecule has 0 spiro atoms. The fourth-order valence-corrected chi connectivity index (χ4v) is 2.99. The van der Waals surface area contributed by atoms with Crippen molar-refractivity contribution in [3.8, 4) is 0 Å². The summed E-state index contributed by atoms with van der Waals surface area (Å²) in [6.45, 7) is 1.35. The zero-order valence-electron chi connectivity index (χ0n) is 13.4. The normalized spacial score (nSPS) is 15.5. The summed E-state index contributed by atoms with van der Waals surface area (Å²) in [4.78, 5) is 20.9. The maximum Gasteiger partial charge on any atom is 0.228 e. The standard InChI is InChI=1S/C18H20N4O2/c23-17(18(7-8-18)12-22-11-10-19-13-22)20-9-3-6-16-21-14-4-1-2-5-15(14)24-16/h1-2,4-5,10-11,13H,3,6-9,12H2,(H,20,23). The smallest absolute Gasteiger partial charge is 0.228 e. The molecular weight excluding hydrogens is 304 g/mol. The van der Waals surface area contributed by atoms with E-state index >= 15 is 0 Å². The third-order valence-electron chi connectivity index (χ3n) is 4.57. The van der Waals surface area contributed by atoms with Gasteiger partial charge in [-0.15, -0.1) is 0 Å². The van der Waals surface area contributed by atoms with Crippen LogP contribution in [0.2, 0.25) is 0 Å². The first-order valence-electron chi connectivity index (χ1n) is 8.34. The van der Waals surface area contributed by atoms with E-state index in [-0.39, 0.29) is 11.3 Å². The van der Waals surface area contributed by atoms with Gasteiger partial charge in [0.2, 0.25) is 5.91 Å². The number of hydrogen-bond donors (Lipinski definition) is 1. The number of benzene rings is 1. The van der Waals surface area contributed by atoms with Crippen molar-refractivity contribution in [1.82, 2.24) is 19.9 Å². The molecule has 3 aromatic rings. The second-order valence-electron chi connectivity index (χ2n) is 6.45. The topological polar surface area (TPSA) is 73.0 Å². The number of carbonyl (C=O) groups excluding carboxylic acids is 1. The van der Waals surface area contributed by atoms with Crippen molar-refractivity contribution >= 4 is 17.0 Å². The molecule has 0 radical (unpaired) electrons. The van der Waals surface area contributed by atoms with E-state index in [1.54, 1.807) is 12.5 Å². The van der Waals surface area contributed by atoms with Gasteiger partial charge in [0.25, 0.3) is 0 Å². The van der Waals surface area contributed by atoms with Gasteiger partial charge in [0, 0.05) is 31.9 Å². The molecule has 1 aliphatic carbocycles. The lowest BCUT2D eigenvalue weighted by Crippen LogP contribution is -2.35. The predicted octanol–water partition coefficient (Wildman–Crippen LogP) is 2.55. The van der Waals surface area contributed by atoms with Crippen LogP contribution in [-0.4, -0.2) is 27.0 Å². The molecule has 1 N–H and O–H groups in total. The lowest BCUT2D eigenvalue weighted by atomic mass is 10.1. The second kappa shape index (κ2) is 6.11. The lowest BCUT2D eigenvalue weighted by Gasteiger charge is -2.15. The summed E-state index contributed by atoms with van der Waals surface area (Å²) >= 11 is 0. The molecule has 1 aromatic carbocycles. The first-order valence-corrected chi connectivity index (χ1v) is 8.34. The Morgan fingerprint density at radius 3 is 2.96 bits per heavy atom. The van der Waals surface area contributed by atoms with Crippen LogP contribution in [0.4, 0.5) is 0 Å². The van der Waals surface area contributed by atoms with Crippen LogP contribution >= 0.6 is 0 Å². The Kier molecular flexibility index (Phi) is 3.80. The summed E-state index contributed by atoms with van der Waals surface area (Å²) in [5.74, 6) is 0.874. The van der Waals surface area contributed by atoms with Crippen molar-refractivity contribution in [2.24, 2.45) is 5.41 Å². The fourth-order valence-electron chi connectivity index (χ4n) is 2.99. The zero-order chi connectivity index (χ0) is 16.4. The average Bonchev–Trinajstić information content (AvgIpc) is 3.01. The SMILES string of the molecule is O=C(NCCCc1nc2ccccc2o1)C1(Cn2ccnc2)CC1. The summed E-state index contributed by atoms with van der Waals surface area (Å²) in [5, 5.41) is 3.06. The molecule has 1 amide bonds. The van der Waals surface area contributed by atoms with Crippen molar-refractivity contribution < 1.29 is 9.21 Å². The van der Waals surface area contributed by atoms with Gasteiger partial charge in [-0.2, -0.15) is 0 Å². The number of fused-ring (bicyclic) bond motifs is 1. The molecule has 6 heteroatoms. The van der Waals surface area contributed by atoms with Gasteiger partial charge in [0.15, 0.2) is 11.5 Å². The van der Waals surface area contributed by atoms with E-state index in [1.807, 2.05) is 35.0 Å². The summed E-state index contributed by atoms with van der Waals surface area (Å²) in [6, 6.07) is 7.74. The van der Waals surface area contributed by atoms with Crippen molar-refractivity contribution in [2.75, 3.05) is 6.54 Å². The third-order valence-corrected chi connectivity index (χ3v) is 4.57. The number of rotatable bonds is 7. The minimum atomic E-state index is -0.238. The number of aryl methyl sites for hydroxylation is 1. The van der Waals surface area contributed by atoms with E-state index in [0.717, 1.165) is 42.7 Å². The number of hydrogen-bond acceptors (Lipinski definition) is 4. The fraction of sp³-hybridized carbons (Fsp3) is 0.389. The van der Waals surface area contributed by atoms with Crippen LogP contribution in [0.1, 0.15) is 25.2 Å². The molecule has 0 bridgehead atoms. The molecule has 24 heavy (non-hydrogen) atoms. The molecule has 6 nitrogen and oxygen atoms in total. The van der Waals surface area contributed by atoms with Gasteiger partial charge >= 0.3 is 0 Å². The molecule has 2 heterocycles. The Morgan fingerprint density at radius 1 is 1.33 bits per heavy atom. The summed E-state index contributed by atoms with van der Waals surface area (Å²) in [7, 11) is 0. The Bertz CT molecular complexity index is 801. The Hall–Kier alpha value is -2.63. The Balaban J connectivity index is 1.26. The largest absolute Gasteiger partial charge is 0.441 e. The highest BCUT2D eigenvalue weighted by molar-refractivity contribution is 5.85. The summed E-state index contributed by atoms with van der Waals surface area (Å²) in [6.07, 6.45) is 8.85. The van der Waals surface area contributed by atoms with Crippen LogP contribution in [0.15, 0.2) is 47.4 Å². The minimum absolute atomic E-state index is 0.147. The van der Waals surface area contributed by atoms with E-state index in [9.17, 15) is 4.79 Å². The van der Waals surface area contributed by atoms with E-state index in [0.29, 0.717) is 13.1 Å². The lowest BCUT2D eigenvalue weighted by molar-refractivity contribution is -0.126. The number of para-hydroxylation sites is 2. The number of nitrogens with zero attached hydrogens (tertiary/aromatic N) is 3. The number of oxazole rings is 1. The van der Waals surface area contributed by atoms with Crippen molar-refractivity contribution in [1.29, 1.82) is 0 Å². The number of carbonyl (C=O) groups is 1.